The Bertz CT molecular complexity index is 1630. The largest absolute Gasteiger partial charge is 0.497 e. The van der Waals surface area contributed by atoms with Crippen LogP contribution in [0, 0.1) is 0 Å². The number of amides is 1. The van der Waals surface area contributed by atoms with Crippen LogP contribution in [-0.4, -0.2) is 29.7 Å². The molecule has 36 heavy (non-hydrogen) atoms. The highest BCUT2D eigenvalue weighted by Gasteiger charge is 2.35. The molecule has 2 aliphatic heterocycles. The highest BCUT2D eigenvalue weighted by atomic mass is 79.9. The number of ether oxygens (including phenoxy) is 2. The highest BCUT2D eigenvalue weighted by molar-refractivity contribution is 9.10. The van der Waals surface area contributed by atoms with Crippen molar-refractivity contribution >= 4 is 50.4 Å². The second-order valence-electron chi connectivity index (χ2n) is 8.65. The summed E-state index contributed by atoms with van der Waals surface area (Å²) in [5.41, 5.74) is 2.58. The number of carbonyl (C=O) groups is 2. The first-order valence-electron chi connectivity index (χ1n) is 11.2. The second kappa shape index (κ2) is 9.18. The molecule has 1 amide bonds. The summed E-state index contributed by atoms with van der Waals surface area (Å²) < 4.78 is 13.3. The molecular formula is C26H22BrN3O5S. The number of benzene rings is 2. The van der Waals surface area contributed by atoms with Gasteiger partial charge in [0.05, 0.1) is 36.1 Å². The SMILES string of the molecule is COc1ccc([C@@H]2C(C(=O)OC(C)C)=C(C)N=c3s/c(=C4\C(=O)Nc5ccc(Br)cc54)c(=O)n32)cc1. The van der Waals surface area contributed by atoms with Crippen LogP contribution in [0.25, 0.3) is 5.57 Å². The first-order valence-corrected chi connectivity index (χ1v) is 12.8. The minimum absolute atomic E-state index is 0.257. The number of allylic oxidation sites excluding steroid dienone is 1. The molecule has 10 heteroatoms. The van der Waals surface area contributed by atoms with Crippen molar-refractivity contribution in [1.29, 1.82) is 0 Å². The van der Waals surface area contributed by atoms with Crippen LogP contribution in [-0.2, 0) is 14.3 Å². The summed E-state index contributed by atoms with van der Waals surface area (Å²) in [7, 11) is 1.57. The number of aromatic nitrogens is 1. The number of esters is 1. The van der Waals surface area contributed by atoms with Gasteiger partial charge in [0.25, 0.3) is 11.5 Å². The second-order valence-corrected chi connectivity index (χ2v) is 10.5. The van der Waals surface area contributed by atoms with Gasteiger partial charge in [-0.3, -0.25) is 14.2 Å². The predicted molar refractivity (Wildman–Crippen MR) is 140 cm³/mol. The van der Waals surface area contributed by atoms with Gasteiger partial charge in [-0.1, -0.05) is 39.4 Å². The van der Waals surface area contributed by atoms with Crippen LogP contribution < -0.4 is 24.9 Å². The van der Waals surface area contributed by atoms with Crippen molar-refractivity contribution < 1.29 is 19.1 Å². The van der Waals surface area contributed by atoms with E-state index < -0.39 is 17.6 Å². The molecule has 3 heterocycles. The van der Waals surface area contributed by atoms with Crippen LogP contribution in [0.4, 0.5) is 5.69 Å². The number of hydrogen-bond donors (Lipinski definition) is 1. The van der Waals surface area contributed by atoms with E-state index in [1.807, 2.05) is 6.07 Å². The Hall–Kier alpha value is -3.50. The van der Waals surface area contributed by atoms with Crippen LogP contribution >= 0.6 is 27.3 Å². The van der Waals surface area contributed by atoms with Gasteiger partial charge in [0.1, 0.15) is 10.3 Å². The fourth-order valence-corrected chi connectivity index (χ4v) is 5.88. The minimum Gasteiger partial charge on any atom is -0.497 e. The molecule has 5 rings (SSSR count). The third-order valence-corrected chi connectivity index (χ3v) is 7.49. The van der Waals surface area contributed by atoms with Crippen molar-refractivity contribution in [2.45, 2.75) is 32.9 Å². The van der Waals surface area contributed by atoms with Crippen LogP contribution in [0.3, 0.4) is 0 Å². The number of fused-ring (bicyclic) bond motifs is 2. The van der Waals surface area contributed by atoms with E-state index in [0.717, 1.165) is 15.8 Å². The van der Waals surface area contributed by atoms with Crippen molar-refractivity contribution in [3.8, 4) is 5.75 Å². The summed E-state index contributed by atoms with van der Waals surface area (Å²) in [6, 6.07) is 11.8. The van der Waals surface area contributed by atoms with Crippen LogP contribution in [0.1, 0.15) is 37.9 Å². The van der Waals surface area contributed by atoms with Gasteiger partial charge < -0.3 is 14.8 Å². The Morgan fingerprint density at radius 3 is 2.56 bits per heavy atom. The maximum absolute atomic E-state index is 13.9. The fraction of sp³-hybridized carbons (Fsp3) is 0.231. The molecule has 1 atom stereocenters. The van der Waals surface area contributed by atoms with Gasteiger partial charge in [0.15, 0.2) is 4.80 Å². The molecular weight excluding hydrogens is 546 g/mol. The van der Waals surface area contributed by atoms with E-state index in [1.165, 1.54) is 4.57 Å². The highest BCUT2D eigenvalue weighted by Crippen LogP contribution is 2.34. The number of carbonyl (C=O) groups excluding carboxylic acids is 2. The van der Waals surface area contributed by atoms with E-state index in [2.05, 4.69) is 26.2 Å². The average Bonchev–Trinajstić information content (AvgIpc) is 3.32. The third-order valence-electron chi connectivity index (χ3n) is 5.94. The van der Waals surface area contributed by atoms with E-state index in [1.54, 1.807) is 64.3 Å². The van der Waals surface area contributed by atoms with Gasteiger partial charge in [-0.2, -0.15) is 0 Å². The standard InChI is InChI=1S/C26H22BrN3O5S/c1-12(2)35-25(33)19-13(3)28-26-30(21(19)14-5-8-16(34-4)9-6-14)24(32)22(36-26)20-17-11-15(27)7-10-18(17)29-23(20)31/h5-12,21H,1-4H3,(H,29,31)/b22-20-/t21-/m1/s1. The van der Waals surface area contributed by atoms with Crippen molar-refractivity contribution in [3.05, 3.63) is 89.0 Å². The zero-order valence-corrected chi connectivity index (χ0v) is 22.3. The Balaban J connectivity index is 1.80. The summed E-state index contributed by atoms with van der Waals surface area (Å²) in [4.78, 5) is 45.1. The molecule has 0 radical (unpaired) electrons. The molecule has 0 spiro atoms. The molecule has 2 aliphatic rings. The van der Waals surface area contributed by atoms with Gasteiger partial charge in [-0.15, -0.1) is 0 Å². The van der Waals surface area contributed by atoms with Gasteiger partial charge in [0, 0.05) is 15.7 Å². The zero-order chi connectivity index (χ0) is 25.7. The van der Waals surface area contributed by atoms with E-state index in [4.69, 9.17) is 9.47 Å². The predicted octanol–water partition coefficient (Wildman–Crippen LogP) is 3.28. The number of methoxy groups -OCH3 is 1. The Morgan fingerprint density at radius 1 is 1.17 bits per heavy atom. The lowest BCUT2D eigenvalue weighted by atomic mass is 9.95. The summed E-state index contributed by atoms with van der Waals surface area (Å²) in [6.45, 7) is 5.26. The lowest BCUT2D eigenvalue weighted by Gasteiger charge is -2.25. The summed E-state index contributed by atoms with van der Waals surface area (Å²) in [6.07, 6.45) is -0.349. The monoisotopic (exact) mass is 567 g/mol. The molecule has 1 aromatic heterocycles. The van der Waals surface area contributed by atoms with Crippen LogP contribution in [0.2, 0.25) is 0 Å². The van der Waals surface area contributed by atoms with E-state index >= 15 is 0 Å². The van der Waals surface area contributed by atoms with Crippen LogP contribution in [0.5, 0.6) is 5.75 Å². The summed E-state index contributed by atoms with van der Waals surface area (Å²) >= 11 is 4.57. The number of anilines is 1. The van der Waals surface area contributed by atoms with E-state index in [-0.39, 0.29) is 27.7 Å². The Labute approximate surface area is 218 Å². The molecule has 0 bridgehead atoms. The first-order chi connectivity index (χ1) is 17.2. The fourth-order valence-electron chi connectivity index (χ4n) is 4.38. The third kappa shape index (κ3) is 4.00. The van der Waals surface area contributed by atoms with E-state index in [0.29, 0.717) is 33.1 Å². The van der Waals surface area contributed by atoms with Crippen molar-refractivity contribution in [3.63, 3.8) is 0 Å². The topological polar surface area (TPSA) is 99.0 Å². The smallest absolute Gasteiger partial charge is 0.338 e. The normalized spacial score (nSPS) is 17.9. The van der Waals surface area contributed by atoms with Gasteiger partial charge in [-0.05, 0) is 56.7 Å². The zero-order valence-electron chi connectivity index (χ0n) is 19.9. The molecule has 184 valence electrons. The number of nitrogens with one attached hydrogen (secondary N) is 1. The van der Waals surface area contributed by atoms with Crippen molar-refractivity contribution in [2.24, 2.45) is 4.99 Å². The molecule has 8 nitrogen and oxygen atoms in total. The minimum atomic E-state index is -0.779. The number of halogens is 1. The molecule has 3 aromatic rings. The molecule has 0 saturated carbocycles. The van der Waals surface area contributed by atoms with Crippen LogP contribution in [0.15, 0.2) is 68.0 Å². The van der Waals surface area contributed by atoms with Gasteiger partial charge >= 0.3 is 5.97 Å². The average molecular weight is 568 g/mol. The summed E-state index contributed by atoms with van der Waals surface area (Å²) in [5.74, 6) is -0.257. The van der Waals surface area contributed by atoms with Crippen molar-refractivity contribution in [2.75, 3.05) is 12.4 Å². The Morgan fingerprint density at radius 2 is 1.89 bits per heavy atom. The first kappa shape index (κ1) is 24.2. The van der Waals surface area contributed by atoms with Crippen molar-refractivity contribution in [1.82, 2.24) is 4.57 Å². The van der Waals surface area contributed by atoms with Gasteiger partial charge in [0.2, 0.25) is 0 Å². The quantitative estimate of drug-likeness (QED) is 0.488. The lowest BCUT2D eigenvalue weighted by Crippen LogP contribution is -2.40. The summed E-state index contributed by atoms with van der Waals surface area (Å²) in [5, 5.41) is 2.83. The number of thiazole rings is 1. The molecule has 0 saturated heterocycles. The Kier molecular flexibility index (Phi) is 6.17. The number of rotatable bonds is 4. The lowest BCUT2D eigenvalue weighted by molar-refractivity contribution is -0.143. The molecule has 0 unspecified atom stereocenters. The maximum atomic E-state index is 13.9. The molecule has 0 fully saturated rings. The molecule has 0 aliphatic carbocycles. The van der Waals surface area contributed by atoms with Gasteiger partial charge in [-0.25, -0.2) is 9.79 Å². The molecule has 1 N–H and O–H groups in total. The van der Waals surface area contributed by atoms with E-state index in [9.17, 15) is 14.4 Å². The maximum Gasteiger partial charge on any atom is 0.338 e. The number of nitrogens with zero attached hydrogens (tertiary/aromatic N) is 2. The number of hydrogen-bond acceptors (Lipinski definition) is 7. The molecule has 2 aromatic carbocycles.